The van der Waals surface area contributed by atoms with Gasteiger partial charge in [-0.2, -0.15) is 0 Å². The van der Waals surface area contributed by atoms with E-state index in [1.165, 1.54) is 0 Å². The lowest BCUT2D eigenvalue weighted by atomic mass is 9.77. The molecular formula is C31H55N3O5. The number of carbonyl (C=O) groups excluding carboxylic acids is 1. The van der Waals surface area contributed by atoms with Gasteiger partial charge in [-0.25, -0.2) is 0 Å². The Kier molecular flexibility index (Phi) is 13.0. The van der Waals surface area contributed by atoms with Crippen molar-refractivity contribution < 1.29 is 24.1 Å². The van der Waals surface area contributed by atoms with Crippen molar-refractivity contribution in [2.24, 2.45) is 23.5 Å². The molecule has 0 aromatic heterocycles. The smallest absolute Gasteiger partial charge is 0.223 e. The molecule has 8 heteroatoms. The number of nitrogens with two attached hydrogens (primary N) is 1. The second-order valence-corrected chi connectivity index (χ2v) is 12.3. The summed E-state index contributed by atoms with van der Waals surface area (Å²) in [6.07, 6.45) is 4.96. The molecule has 39 heavy (non-hydrogen) atoms. The van der Waals surface area contributed by atoms with Crippen molar-refractivity contribution in [1.82, 2.24) is 10.2 Å². The van der Waals surface area contributed by atoms with E-state index < -0.39 is 11.6 Å². The highest BCUT2D eigenvalue weighted by atomic mass is 16.5. The molecule has 1 amide bonds. The molecule has 1 aromatic carbocycles. The minimum absolute atomic E-state index is 0.0104. The number of hydrogen-bond acceptors (Lipinski definition) is 7. The Balaban J connectivity index is 2.01. The molecule has 8 nitrogen and oxygen atoms in total. The Morgan fingerprint density at radius 1 is 1.21 bits per heavy atom. The normalized spacial score (nSPS) is 18.4. The number of carbonyl (C=O) groups is 1. The first kappa shape index (κ1) is 33.3. The van der Waals surface area contributed by atoms with Crippen LogP contribution in [0.2, 0.25) is 0 Å². The van der Waals surface area contributed by atoms with E-state index in [2.05, 4.69) is 37.3 Å². The van der Waals surface area contributed by atoms with Gasteiger partial charge in [0.2, 0.25) is 5.91 Å². The molecule has 1 aromatic rings. The lowest BCUT2D eigenvalue weighted by Gasteiger charge is -2.36. The number of methoxy groups -OCH3 is 2. The standard InChI is InChI=1S/C31H55N3O5/c1-9-23(17-24-11-12-26(38-8)27(18-24)39-16-10-15-37-7)20-30(4,32)28(35)19-25(22(2)3)29(36)33-21-31(13-14-31)34(5)6/h11-12,18,22-23,25,28,35H,9-10,13-17,19-21,32H2,1-8H3,(H,33,36)/t23-,25-,28-,30-/m0/s1. The van der Waals surface area contributed by atoms with Gasteiger partial charge in [-0.1, -0.05) is 33.3 Å². The summed E-state index contributed by atoms with van der Waals surface area (Å²) in [5, 5.41) is 14.4. The Morgan fingerprint density at radius 2 is 1.90 bits per heavy atom. The highest BCUT2D eigenvalue weighted by Gasteiger charge is 2.45. The quantitative estimate of drug-likeness (QED) is 0.224. The fourth-order valence-corrected chi connectivity index (χ4v) is 5.30. The van der Waals surface area contributed by atoms with Crippen LogP contribution in [0.4, 0.5) is 0 Å². The molecule has 4 atom stereocenters. The molecular weight excluding hydrogens is 494 g/mol. The van der Waals surface area contributed by atoms with Gasteiger partial charge in [0.15, 0.2) is 11.5 Å². The molecule has 1 aliphatic rings. The van der Waals surface area contributed by atoms with Crippen molar-refractivity contribution >= 4 is 5.91 Å². The van der Waals surface area contributed by atoms with Crippen LogP contribution >= 0.6 is 0 Å². The van der Waals surface area contributed by atoms with Crippen molar-refractivity contribution in [2.75, 3.05) is 48.1 Å². The van der Waals surface area contributed by atoms with Crippen molar-refractivity contribution in [3.8, 4) is 11.5 Å². The molecule has 4 N–H and O–H groups in total. The summed E-state index contributed by atoms with van der Waals surface area (Å²) in [5.41, 5.74) is 7.17. The van der Waals surface area contributed by atoms with Gasteiger partial charge in [0.05, 0.1) is 19.8 Å². The van der Waals surface area contributed by atoms with Gasteiger partial charge >= 0.3 is 0 Å². The van der Waals surface area contributed by atoms with E-state index in [0.717, 1.165) is 43.4 Å². The van der Waals surface area contributed by atoms with Crippen molar-refractivity contribution in [2.45, 2.75) is 89.8 Å². The second kappa shape index (κ2) is 15.2. The average molecular weight is 550 g/mol. The number of aliphatic hydroxyl groups is 1. The molecule has 2 rings (SSSR count). The van der Waals surface area contributed by atoms with Gasteiger partial charge in [-0.3, -0.25) is 4.79 Å². The minimum atomic E-state index is -0.818. The monoisotopic (exact) mass is 549 g/mol. The van der Waals surface area contributed by atoms with Crippen LogP contribution in [0.3, 0.4) is 0 Å². The lowest BCUT2D eigenvalue weighted by Crippen LogP contribution is -2.52. The zero-order valence-electron chi connectivity index (χ0n) is 25.7. The number of aliphatic hydroxyl groups excluding tert-OH is 1. The van der Waals surface area contributed by atoms with Crippen LogP contribution in [-0.4, -0.2) is 81.2 Å². The largest absolute Gasteiger partial charge is 0.493 e. The maximum atomic E-state index is 13.1. The van der Waals surface area contributed by atoms with Gasteiger partial charge < -0.3 is 35.3 Å². The van der Waals surface area contributed by atoms with E-state index in [1.807, 2.05) is 32.9 Å². The Labute approximate surface area is 236 Å². The van der Waals surface area contributed by atoms with Crippen LogP contribution in [0.25, 0.3) is 0 Å². The number of hydrogen-bond donors (Lipinski definition) is 3. The molecule has 0 radical (unpaired) electrons. The highest BCUT2D eigenvalue weighted by molar-refractivity contribution is 5.79. The first-order chi connectivity index (χ1) is 18.4. The van der Waals surface area contributed by atoms with Crippen LogP contribution in [0.5, 0.6) is 11.5 Å². The van der Waals surface area contributed by atoms with Gasteiger partial charge in [-0.05, 0) is 82.7 Å². The van der Waals surface area contributed by atoms with Crippen LogP contribution in [0.1, 0.15) is 71.8 Å². The third-order valence-electron chi connectivity index (χ3n) is 8.56. The van der Waals surface area contributed by atoms with Crippen LogP contribution in [0.15, 0.2) is 18.2 Å². The molecule has 0 spiro atoms. The first-order valence-corrected chi connectivity index (χ1v) is 14.6. The fraction of sp³-hybridized carbons (Fsp3) is 0.774. The van der Waals surface area contributed by atoms with E-state index in [-0.39, 0.29) is 29.2 Å². The zero-order valence-corrected chi connectivity index (χ0v) is 25.7. The van der Waals surface area contributed by atoms with Crippen LogP contribution < -0.4 is 20.5 Å². The summed E-state index contributed by atoms with van der Waals surface area (Å²) in [4.78, 5) is 15.4. The van der Waals surface area contributed by atoms with E-state index in [9.17, 15) is 9.90 Å². The number of nitrogens with zero attached hydrogens (tertiary/aromatic N) is 1. The Hall–Kier alpha value is -1.87. The maximum Gasteiger partial charge on any atom is 0.223 e. The van der Waals surface area contributed by atoms with E-state index in [4.69, 9.17) is 19.9 Å². The first-order valence-electron chi connectivity index (χ1n) is 14.6. The lowest BCUT2D eigenvalue weighted by molar-refractivity contribution is -0.128. The maximum absolute atomic E-state index is 13.1. The topological polar surface area (TPSA) is 106 Å². The van der Waals surface area contributed by atoms with Crippen molar-refractivity contribution in [1.29, 1.82) is 0 Å². The van der Waals surface area contributed by atoms with Gasteiger partial charge in [-0.15, -0.1) is 0 Å². The van der Waals surface area contributed by atoms with E-state index >= 15 is 0 Å². The third kappa shape index (κ3) is 9.92. The van der Waals surface area contributed by atoms with Crippen molar-refractivity contribution in [3.05, 3.63) is 23.8 Å². The molecule has 0 bridgehead atoms. The van der Waals surface area contributed by atoms with E-state index in [0.29, 0.717) is 38.3 Å². The predicted molar refractivity (Wildman–Crippen MR) is 157 cm³/mol. The average Bonchev–Trinajstić information content (AvgIpc) is 3.69. The van der Waals surface area contributed by atoms with Crippen LogP contribution in [0, 0.1) is 17.8 Å². The summed E-state index contributed by atoms with van der Waals surface area (Å²) in [5.74, 6) is 1.53. The molecule has 1 fully saturated rings. The highest BCUT2D eigenvalue weighted by Crippen LogP contribution is 2.39. The summed E-state index contributed by atoms with van der Waals surface area (Å²) >= 11 is 0. The molecule has 0 saturated heterocycles. The summed E-state index contributed by atoms with van der Waals surface area (Å²) in [7, 11) is 7.46. The molecule has 0 unspecified atom stereocenters. The SMILES string of the molecule is CC[C@@H](Cc1ccc(OC)c(OCCCOC)c1)C[C@](C)(N)[C@@H](O)C[C@H](C(=O)NCC1(N(C)C)CC1)C(C)C. The summed E-state index contributed by atoms with van der Waals surface area (Å²) in [6, 6.07) is 6.05. The molecule has 0 aliphatic heterocycles. The van der Waals surface area contributed by atoms with Gasteiger partial charge in [0.25, 0.3) is 0 Å². The number of benzene rings is 1. The fourth-order valence-electron chi connectivity index (χ4n) is 5.30. The predicted octanol–water partition coefficient (Wildman–Crippen LogP) is 4.02. The second-order valence-electron chi connectivity index (χ2n) is 12.3. The minimum Gasteiger partial charge on any atom is -0.493 e. The molecule has 224 valence electrons. The van der Waals surface area contributed by atoms with E-state index in [1.54, 1.807) is 14.2 Å². The summed E-state index contributed by atoms with van der Waals surface area (Å²) < 4.78 is 16.6. The number of rotatable bonds is 19. The number of likely N-dealkylation sites (N-methyl/N-ethyl adjacent to an activating group) is 1. The Bertz CT molecular complexity index is 885. The zero-order chi connectivity index (χ0) is 29.2. The number of ether oxygens (including phenoxy) is 3. The molecule has 1 aliphatic carbocycles. The third-order valence-corrected chi connectivity index (χ3v) is 8.56. The summed E-state index contributed by atoms with van der Waals surface area (Å²) in [6.45, 7) is 10.00. The van der Waals surface area contributed by atoms with Gasteiger partial charge in [0.1, 0.15) is 0 Å². The van der Waals surface area contributed by atoms with Gasteiger partial charge in [0, 0.05) is 43.7 Å². The van der Waals surface area contributed by atoms with Crippen LogP contribution in [-0.2, 0) is 16.0 Å². The Morgan fingerprint density at radius 3 is 2.44 bits per heavy atom. The van der Waals surface area contributed by atoms with Crippen molar-refractivity contribution in [3.63, 3.8) is 0 Å². The number of amides is 1. The number of nitrogens with one attached hydrogen (secondary N) is 1. The molecule has 0 heterocycles. The molecule has 1 saturated carbocycles.